The number of pyridine rings is 1. The minimum atomic E-state index is -2.71. The van der Waals surface area contributed by atoms with Crippen LogP contribution in [0.5, 0.6) is 0 Å². The van der Waals surface area contributed by atoms with E-state index in [0.717, 1.165) is 26.4 Å². The number of halogens is 2. The molecule has 2 heterocycles. The van der Waals surface area contributed by atoms with Crippen molar-refractivity contribution < 1.29 is 13.6 Å². The first-order valence-electron chi connectivity index (χ1n) is 7.79. The van der Waals surface area contributed by atoms with E-state index in [-0.39, 0.29) is 0 Å². The summed E-state index contributed by atoms with van der Waals surface area (Å²) in [7, 11) is 0. The topological polar surface area (TPSA) is 67.8 Å². The Morgan fingerprint density at radius 3 is 2.72 bits per heavy atom. The summed E-state index contributed by atoms with van der Waals surface area (Å²) >= 11 is 1.50. The van der Waals surface area contributed by atoms with E-state index in [9.17, 15) is 13.6 Å². The Balaban J connectivity index is 1.57. The van der Waals surface area contributed by atoms with Gasteiger partial charge in [0.2, 0.25) is 11.8 Å². The van der Waals surface area contributed by atoms with Gasteiger partial charge < -0.3 is 5.32 Å². The lowest BCUT2D eigenvalue weighted by molar-refractivity contribution is -0.145. The SMILES string of the molecule is Cc1nnc(-c2ccc3cnc(NC(=O)C4CC(F)(F)C4)cc3c2)s1. The van der Waals surface area contributed by atoms with Crippen LogP contribution < -0.4 is 5.32 Å². The van der Waals surface area contributed by atoms with Crippen molar-refractivity contribution in [3.63, 3.8) is 0 Å². The van der Waals surface area contributed by atoms with Gasteiger partial charge in [0.25, 0.3) is 0 Å². The lowest BCUT2D eigenvalue weighted by Gasteiger charge is -2.33. The molecule has 8 heteroatoms. The Kier molecular flexibility index (Phi) is 3.72. The van der Waals surface area contributed by atoms with Gasteiger partial charge in [0.1, 0.15) is 15.8 Å². The molecule has 0 radical (unpaired) electrons. The fourth-order valence-electron chi connectivity index (χ4n) is 2.83. The largest absolute Gasteiger partial charge is 0.310 e. The maximum atomic E-state index is 12.9. The van der Waals surface area contributed by atoms with Gasteiger partial charge in [-0.15, -0.1) is 10.2 Å². The predicted molar refractivity (Wildman–Crippen MR) is 91.7 cm³/mol. The highest BCUT2D eigenvalue weighted by molar-refractivity contribution is 7.14. The molecule has 1 N–H and O–H groups in total. The Hall–Kier alpha value is -2.48. The molecule has 0 saturated heterocycles. The van der Waals surface area contributed by atoms with Crippen LogP contribution in [0.2, 0.25) is 0 Å². The third-order valence-electron chi connectivity index (χ3n) is 4.21. The molecule has 0 spiro atoms. The molecule has 1 aromatic carbocycles. The zero-order valence-corrected chi connectivity index (χ0v) is 14.1. The van der Waals surface area contributed by atoms with Gasteiger partial charge >= 0.3 is 0 Å². The van der Waals surface area contributed by atoms with E-state index in [1.54, 1.807) is 12.3 Å². The molecule has 4 rings (SSSR count). The fourth-order valence-corrected chi connectivity index (χ4v) is 3.52. The number of fused-ring (bicyclic) bond motifs is 1. The van der Waals surface area contributed by atoms with Gasteiger partial charge in [0.15, 0.2) is 0 Å². The average molecular weight is 360 g/mol. The number of amides is 1. The number of alkyl halides is 2. The standard InChI is InChI=1S/C17H14F2N4OS/c1-9-22-23-16(25-9)10-2-3-11-8-20-14(5-12(11)4-10)21-15(24)13-6-17(18,19)7-13/h2-5,8,13H,6-7H2,1H3,(H,20,21,24). The van der Waals surface area contributed by atoms with Crippen LogP contribution in [0.3, 0.4) is 0 Å². The Morgan fingerprint density at radius 1 is 1.24 bits per heavy atom. The number of rotatable bonds is 3. The minimum absolute atomic E-state index is 0.360. The van der Waals surface area contributed by atoms with E-state index >= 15 is 0 Å². The first-order chi connectivity index (χ1) is 11.9. The van der Waals surface area contributed by atoms with Gasteiger partial charge in [-0.1, -0.05) is 23.5 Å². The molecule has 0 aliphatic heterocycles. The molecular weight excluding hydrogens is 346 g/mol. The van der Waals surface area contributed by atoms with Crippen molar-refractivity contribution in [1.29, 1.82) is 0 Å². The van der Waals surface area contributed by atoms with Crippen LogP contribution >= 0.6 is 11.3 Å². The first-order valence-corrected chi connectivity index (χ1v) is 8.60. The molecule has 0 bridgehead atoms. The monoisotopic (exact) mass is 360 g/mol. The molecule has 1 amide bonds. The quantitative estimate of drug-likeness (QED) is 0.765. The fraction of sp³-hybridized carbons (Fsp3) is 0.294. The van der Waals surface area contributed by atoms with Gasteiger partial charge in [0.05, 0.1) is 0 Å². The number of aryl methyl sites for hydroxylation is 1. The predicted octanol–water partition coefficient (Wildman–Crippen LogP) is 4.05. The van der Waals surface area contributed by atoms with Gasteiger partial charge in [-0.25, -0.2) is 13.8 Å². The third kappa shape index (κ3) is 3.21. The lowest BCUT2D eigenvalue weighted by atomic mass is 9.81. The Morgan fingerprint density at radius 2 is 2.04 bits per heavy atom. The summed E-state index contributed by atoms with van der Waals surface area (Å²) in [5.74, 6) is -3.41. The van der Waals surface area contributed by atoms with E-state index in [1.807, 2.05) is 25.1 Å². The van der Waals surface area contributed by atoms with Crippen LogP contribution in [-0.2, 0) is 4.79 Å². The second-order valence-electron chi connectivity index (χ2n) is 6.21. The molecule has 1 aliphatic carbocycles. The van der Waals surface area contributed by atoms with Crippen molar-refractivity contribution in [2.45, 2.75) is 25.7 Å². The number of nitrogens with one attached hydrogen (secondary N) is 1. The summed E-state index contributed by atoms with van der Waals surface area (Å²) in [5, 5.41) is 14.3. The maximum Gasteiger partial charge on any atom is 0.249 e. The summed E-state index contributed by atoms with van der Waals surface area (Å²) in [5.41, 5.74) is 0.931. The second kappa shape index (κ2) is 5.80. The van der Waals surface area contributed by atoms with Crippen LogP contribution in [0, 0.1) is 12.8 Å². The highest BCUT2D eigenvalue weighted by Crippen LogP contribution is 2.42. The van der Waals surface area contributed by atoms with Gasteiger partial charge in [-0.05, 0) is 24.4 Å². The molecule has 1 saturated carbocycles. The van der Waals surface area contributed by atoms with Crippen molar-refractivity contribution in [2.24, 2.45) is 5.92 Å². The number of benzene rings is 1. The van der Waals surface area contributed by atoms with Crippen LogP contribution in [0.4, 0.5) is 14.6 Å². The molecule has 0 atom stereocenters. The zero-order chi connectivity index (χ0) is 17.6. The highest BCUT2D eigenvalue weighted by Gasteiger charge is 2.48. The van der Waals surface area contributed by atoms with Gasteiger partial charge in [-0.2, -0.15) is 0 Å². The zero-order valence-electron chi connectivity index (χ0n) is 13.3. The van der Waals surface area contributed by atoms with Crippen LogP contribution in [0.25, 0.3) is 21.3 Å². The first kappa shape index (κ1) is 16.0. The number of carbonyl (C=O) groups excluding carboxylic acids is 1. The number of hydrogen-bond donors (Lipinski definition) is 1. The van der Waals surface area contributed by atoms with Crippen molar-refractivity contribution in [3.8, 4) is 10.6 Å². The third-order valence-corrected chi connectivity index (χ3v) is 5.09. The van der Waals surface area contributed by atoms with E-state index in [1.165, 1.54) is 11.3 Å². The minimum Gasteiger partial charge on any atom is -0.310 e. The van der Waals surface area contributed by atoms with Crippen molar-refractivity contribution >= 4 is 33.8 Å². The molecule has 5 nitrogen and oxygen atoms in total. The van der Waals surface area contributed by atoms with Crippen LogP contribution in [-0.4, -0.2) is 27.0 Å². The van der Waals surface area contributed by atoms with Gasteiger partial charge in [-0.3, -0.25) is 4.79 Å². The smallest absolute Gasteiger partial charge is 0.249 e. The lowest BCUT2D eigenvalue weighted by Crippen LogP contribution is -2.42. The second-order valence-corrected chi connectivity index (χ2v) is 7.39. The van der Waals surface area contributed by atoms with Crippen molar-refractivity contribution in [1.82, 2.24) is 15.2 Å². The van der Waals surface area contributed by atoms with E-state index in [0.29, 0.717) is 5.82 Å². The van der Waals surface area contributed by atoms with E-state index in [4.69, 9.17) is 0 Å². The normalized spacial score (nSPS) is 16.6. The summed E-state index contributed by atoms with van der Waals surface area (Å²) in [4.78, 5) is 16.2. The number of carbonyl (C=O) groups is 1. The van der Waals surface area contributed by atoms with E-state index in [2.05, 4.69) is 20.5 Å². The van der Waals surface area contributed by atoms with Crippen LogP contribution in [0.1, 0.15) is 17.8 Å². The molecule has 25 heavy (non-hydrogen) atoms. The number of aromatic nitrogens is 3. The molecule has 2 aromatic heterocycles. The summed E-state index contributed by atoms with van der Waals surface area (Å²) in [6, 6.07) is 7.55. The molecule has 0 unspecified atom stereocenters. The molecule has 1 aliphatic rings. The molecule has 1 fully saturated rings. The van der Waals surface area contributed by atoms with E-state index < -0.39 is 30.6 Å². The molecule has 3 aromatic rings. The maximum absolute atomic E-state index is 12.9. The molecule has 128 valence electrons. The average Bonchev–Trinajstić information content (AvgIpc) is 2.98. The Labute approximate surface area is 146 Å². The summed E-state index contributed by atoms with van der Waals surface area (Å²) < 4.78 is 25.8. The van der Waals surface area contributed by atoms with Crippen molar-refractivity contribution in [2.75, 3.05) is 5.32 Å². The summed E-state index contributed by atoms with van der Waals surface area (Å²) in [6.45, 7) is 1.89. The highest BCUT2D eigenvalue weighted by atomic mass is 32.1. The summed E-state index contributed by atoms with van der Waals surface area (Å²) in [6.07, 6.45) is 0.857. The van der Waals surface area contributed by atoms with Crippen molar-refractivity contribution in [3.05, 3.63) is 35.5 Å². The Bertz CT molecular complexity index is 964. The number of nitrogens with zero attached hydrogens (tertiary/aromatic N) is 3. The molecular formula is C17H14F2N4OS. The number of hydrogen-bond acceptors (Lipinski definition) is 5. The number of anilines is 1. The van der Waals surface area contributed by atoms with Gasteiger partial charge in [0, 0.05) is 35.9 Å². The van der Waals surface area contributed by atoms with Crippen LogP contribution in [0.15, 0.2) is 30.5 Å².